The first-order valence-corrected chi connectivity index (χ1v) is 5.25. The lowest BCUT2D eigenvalue weighted by molar-refractivity contribution is -0.0584. The van der Waals surface area contributed by atoms with E-state index in [0.29, 0.717) is 18.3 Å². The summed E-state index contributed by atoms with van der Waals surface area (Å²) in [5.74, 6) is 1.02. The van der Waals surface area contributed by atoms with E-state index >= 15 is 0 Å². The van der Waals surface area contributed by atoms with Crippen LogP contribution in [0.15, 0.2) is 4.52 Å². The molecule has 3 heterocycles. The van der Waals surface area contributed by atoms with Crippen LogP contribution < -0.4 is 0 Å². The molecule has 0 aromatic carbocycles. The number of rotatable bonds is 1. The Kier molecular flexibility index (Phi) is 1.90. The highest BCUT2D eigenvalue weighted by molar-refractivity contribution is 5.76. The summed E-state index contributed by atoms with van der Waals surface area (Å²) in [6.45, 7) is 2.27. The average molecular weight is 224 g/mol. The minimum atomic E-state index is -0.372. The number of piperidine rings is 1. The summed E-state index contributed by atoms with van der Waals surface area (Å²) in [6, 6.07) is -0.654. The zero-order valence-corrected chi connectivity index (χ0v) is 8.83. The van der Waals surface area contributed by atoms with E-state index in [2.05, 4.69) is 10.1 Å². The largest absolute Gasteiger partial charge is 0.344 e. The Hall–Kier alpha value is -1.63. The number of aryl methyl sites for hydroxylation is 1. The second-order valence-corrected chi connectivity index (χ2v) is 4.21. The van der Waals surface area contributed by atoms with Crippen LogP contribution in [0.2, 0.25) is 0 Å². The van der Waals surface area contributed by atoms with Gasteiger partial charge in [0.2, 0.25) is 5.89 Å². The van der Waals surface area contributed by atoms with Crippen molar-refractivity contribution < 1.29 is 14.5 Å². The number of amides is 2. The van der Waals surface area contributed by atoms with Crippen LogP contribution >= 0.6 is 0 Å². The Bertz CT molecular complexity index is 432. The predicted octanol–water partition coefficient (Wildman–Crippen LogP) is 0.708. The fraction of sp³-hybridized carbons (Fsp3) is 0.667. The van der Waals surface area contributed by atoms with Gasteiger partial charge in [-0.15, -0.1) is 0 Å². The Labute approximate surface area is 91.6 Å². The number of hydrogen-bond donors (Lipinski definition) is 1. The second-order valence-electron chi connectivity index (χ2n) is 4.21. The first-order chi connectivity index (χ1) is 7.66. The number of aromatic nitrogens is 2. The summed E-state index contributed by atoms with van der Waals surface area (Å²) < 4.78 is 5.08. The molecule has 86 valence electrons. The van der Waals surface area contributed by atoms with E-state index in [4.69, 9.17) is 4.52 Å². The molecule has 2 aliphatic rings. The number of fused-ring (bicyclic) bond motifs is 2. The maximum absolute atomic E-state index is 11.7. The van der Waals surface area contributed by atoms with E-state index in [-0.39, 0.29) is 18.1 Å². The van der Waals surface area contributed by atoms with Crippen LogP contribution in [-0.2, 0) is 0 Å². The molecule has 7 nitrogen and oxygen atoms in total. The molecular formula is C9H12N4O3. The Morgan fingerprint density at radius 3 is 3.00 bits per heavy atom. The van der Waals surface area contributed by atoms with Crippen molar-refractivity contribution in [2.75, 3.05) is 6.54 Å². The molecule has 2 bridgehead atoms. The van der Waals surface area contributed by atoms with Gasteiger partial charge in [0.05, 0.1) is 6.04 Å². The molecule has 0 saturated carbocycles. The van der Waals surface area contributed by atoms with E-state index in [1.54, 1.807) is 11.8 Å². The maximum Gasteiger partial charge on any atom is 0.344 e. The van der Waals surface area contributed by atoms with Gasteiger partial charge in [-0.05, 0) is 19.8 Å². The Morgan fingerprint density at radius 1 is 1.50 bits per heavy atom. The summed E-state index contributed by atoms with van der Waals surface area (Å²) >= 11 is 0. The summed E-state index contributed by atoms with van der Waals surface area (Å²) in [5, 5.41) is 14.0. The lowest BCUT2D eigenvalue weighted by Crippen LogP contribution is -2.34. The van der Waals surface area contributed by atoms with Gasteiger partial charge in [-0.2, -0.15) is 4.98 Å². The molecule has 1 aromatic rings. The van der Waals surface area contributed by atoms with E-state index in [9.17, 15) is 10.0 Å². The van der Waals surface area contributed by atoms with Crippen LogP contribution in [0, 0.1) is 6.92 Å². The molecule has 2 fully saturated rings. The van der Waals surface area contributed by atoms with Crippen LogP contribution in [-0.4, -0.2) is 43.9 Å². The highest BCUT2D eigenvalue weighted by atomic mass is 16.5. The average Bonchev–Trinajstić information content (AvgIpc) is 2.80. The third kappa shape index (κ3) is 1.21. The van der Waals surface area contributed by atoms with E-state index < -0.39 is 0 Å². The van der Waals surface area contributed by atoms with Gasteiger partial charge in [0, 0.05) is 6.54 Å². The smallest absolute Gasteiger partial charge is 0.337 e. The van der Waals surface area contributed by atoms with Gasteiger partial charge in [-0.1, -0.05) is 5.16 Å². The zero-order valence-electron chi connectivity index (χ0n) is 8.83. The molecule has 0 spiro atoms. The minimum Gasteiger partial charge on any atom is -0.337 e. The predicted molar refractivity (Wildman–Crippen MR) is 50.5 cm³/mol. The number of hydroxylamine groups is 2. The fourth-order valence-electron chi connectivity index (χ4n) is 2.36. The molecule has 0 aliphatic carbocycles. The molecular weight excluding hydrogens is 212 g/mol. The molecule has 2 atom stereocenters. The normalized spacial score (nSPS) is 29.0. The van der Waals surface area contributed by atoms with Gasteiger partial charge in [0.25, 0.3) is 0 Å². The van der Waals surface area contributed by atoms with Crippen molar-refractivity contribution in [2.24, 2.45) is 0 Å². The van der Waals surface area contributed by atoms with Crippen molar-refractivity contribution in [1.29, 1.82) is 0 Å². The van der Waals surface area contributed by atoms with Crippen LogP contribution in [0.1, 0.15) is 30.6 Å². The van der Waals surface area contributed by atoms with E-state index in [0.717, 1.165) is 17.9 Å². The molecule has 0 radical (unpaired) electrons. The summed E-state index contributed by atoms with van der Waals surface area (Å²) in [4.78, 5) is 17.4. The number of nitrogens with zero attached hydrogens (tertiary/aromatic N) is 4. The monoisotopic (exact) mass is 224 g/mol. The van der Waals surface area contributed by atoms with Gasteiger partial charge in [0.1, 0.15) is 6.04 Å². The highest BCUT2D eigenvalue weighted by Gasteiger charge is 2.46. The van der Waals surface area contributed by atoms with Crippen molar-refractivity contribution >= 4 is 6.03 Å². The number of carbonyl (C=O) groups excluding carboxylic acids is 1. The van der Waals surface area contributed by atoms with Gasteiger partial charge in [-0.3, -0.25) is 5.21 Å². The number of carbonyl (C=O) groups is 1. The summed E-state index contributed by atoms with van der Waals surface area (Å²) in [5.41, 5.74) is 0. The van der Waals surface area contributed by atoms with Crippen molar-refractivity contribution in [3.05, 3.63) is 11.7 Å². The van der Waals surface area contributed by atoms with Crippen LogP contribution in [0.5, 0.6) is 0 Å². The highest BCUT2D eigenvalue weighted by Crippen LogP contribution is 2.36. The standard InChI is InChI=1S/C9H12N4O3/c1-5-10-8(16-11-5)7-3-2-6-4-12(7)9(14)13(6)15/h6-7,15H,2-4H2,1H3/t6-,7+/m1/s1. The van der Waals surface area contributed by atoms with Gasteiger partial charge >= 0.3 is 6.03 Å². The molecule has 1 N–H and O–H groups in total. The molecule has 7 heteroatoms. The van der Waals surface area contributed by atoms with Gasteiger partial charge < -0.3 is 9.42 Å². The molecule has 2 amide bonds. The van der Waals surface area contributed by atoms with Gasteiger partial charge in [-0.25, -0.2) is 9.86 Å². The first-order valence-electron chi connectivity index (χ1n) is 5.25. The van der Waals surface area contributed by atoms with Crippen molar-refractivity contribution in [3.8, 4) is 0 Å². The first kappa shape index (κ1) is 9.59. The minimum absolute atomic E-state index is 0.0900. The quantitative estimate of drug-likeness (QED) is 0.710. The van der Waals surface area contributed by atoms with Crippen LogP contribution in [0.3, 0.4) is 0 Å². The fourth-order valence-corrected chi connectivity index (χ4v) is 2.36. The Balaban J connectivity index is 1.90. The number of urea groups is 1. The maximum atomic E-state index is 11.7. The van der Waals surface area contributed by atoms with Crippen molar-refractivity contribution in [2.45, 2.75) is 31.8 Å². The van der Waals surface area contributed by atoms with Crippen molar-refractivity contribution in [1.82, 2.24) is 20.1 Å². The van der Waals surface area contributed by atoms with Gasteiger partial charge in [0.15, 0.2) is 5.82 Å². The molecule has 1 aromatic heterocycles. The SMILES string of the molecule is Cc1noc([C@@H]2CC[C@@H]3CN2C(=O)N3O)n1. The molecule has 3 rings (SSSR count). The van der Waals surface area contributed by atoms with Crippen molar-refractivity contribution in [3.63, 3.8) is 0 Å². The van der Waals surface area contributed by atoms with Crippen LogP contribution in [0.25, 0.3) is 0 Å². The molecule has 16 heavy (non-hydrogen) atoms. The topological polar surface area (TPSA) is 82.7 Å². The molecule has 0 unspecified atom stereocenters. The zero-order chi connectivity index (χ0) is 11.3. The third-order valence-corrected chi connectivity index (χ3v) is 3.17. The summed E-state index contributed by atoms with van der Waals surface area (Å²) in [6.07, 6.45) is 1.50. The van der Waals surface area contributed by atoms with E-state index in [1.165, 1.54) is 0 Å². The van der Waals surface area contributed by atoms with Crippen LogP contribution in [0.4, 0.5) is 4.79 Å². The molecule has 2 aliphatic heterocycles. The Morgan fingerprint density at radius 2 is 2.31 bits per heavy atom. The summed E-state index contributed by atoms with van der Waals surface area (Å²) in [7, 11) is 0. The number of hydrogen-bond acceptors (Lipinski definition) is 5. The lowest BCUT2D eigenvalue weighted by Gasteiger charge is -2.27. The molecule has 2 saturated heterocycles. The second kappa shape index (κ2) is 3.18. The third-order valence-electron chi connectivity index (χ3n) is 3.17. The lowest BCUT2D eigenvalue weighted by atomic mass is 10.0. The van der Waals surface area contributed by atoms with E-state index in [1.807, 2.05) is 0 Å².